The van der Waals surface area contributed by atoms with Crippen molar-refractivity contribution >= 4 is 33.3 Å². The number of rotatable bonds is 4. The van der Waals surface area contributed by atoms with Crippen molar-refractivity contribution in [1.82, 2.24) is 29.8 Å². The molecule has 1 fully saturated rings. The Balaban J connectivity index is 1.37. The molecule has 0 saturated carbocycles. The molecule has 5 heterocycles. The van der Waals surface area contributed by atoms with Crippen molar-refractivity contribution in [2.45, 2.75) is 75.8 Å². The zero-order valence-corrected chi connectivity index (χ0v) is 24.3. The minimum atomic E-state index is -0.519. The maximum Gasteiger partial charge on any atom is 0.359 e. The molecule has 0 bridgehead atoms. The van der Waals surface area contributed by atoms with Crippen molar-refractivity contribution in [2.75, 3.05) is 26.4 Å². The molecule has 41 heavy (non-hydrogen) atoms. The fourth-order valence-electron chi connectivity index (χ4n) is 7.49. The minimum Gasteiger partial charge on any atom is -0.464 e. The number of carbonyl (C=O) groups is 1. The second-order valence-corrected chi connectivity index (χ2v) is 12.7. The number of ether oxygens (including phenoxy) is 1. The number of esters is 1. The standard InChI is InChI=1S/C29H32N8O3S/c1-15(19-8-6-12-36(19)2)37-27-18(23(34-37)28(38)39-3)14-32-26(33-27)22-16-7-4-10-29(24(16)40-35-22)11-5-9-20-21(29)17(13-30)25(31)41-20/h14-15,19H,4-12,31H2,1-3H3. The molecule has 2 N–H and O–H groups in total. The van der Waals surface area contributed by atoms with E-state index in [1.807, 2.05) is 4.68 Å². The molecule has 3 atom stereocenters. The van der Waals surface area contributed by atoms with Gasteiger partial charge in [-0.2, -0.15) is 10.4 Å². The number of nitrogens with two attached hydrogens (primary N) is 1. The molecule has 3 unspecified atom stereocenters. The summed E-state index contributed by atoms with van der Waals surface area (Å²) in [7, 11) is 3.47. The van der Waals surface area contributed by atoms with Gasteiger partial charge in [0.15, 0.2) is 28.6 Å². The van der Waals surface area contributed by atoms with E-state index in [9.17, 15) is 10.1 Å². The average Bonchev–Trinajstić information content (AvgIpc) is 3.76. The molecule has 0 amide bonds. The van der Waals surface area contributed by atoms with Crippen LogP contribution in [-0.2, 0) is 23.0 Å². The molecule has 1 aliphatic heterocycles. The summed E-state index contributed by atoms with van der Waals surface area (Å²) in [6, 6.07) is 2.63. The Kier molecular flexibility index (Phi) is 6.13. The third-order valence-corrected chi connectivity index (χ3v) is 10.5. The maximum atomic E-state index is 12.7. The highest BCUT2D eigenvalue weighted by Gasteiger charge is 2.48. The number of methoxy groups -OCH3 is 1. The first-order valence-corrected chi connectivity index (χ1v) is 15.0. The smallest absolute Gasteiger partial charge is 0.359 e. The van der Waals surface area contributed by atoms with Crippen molar-refractivity contribution < 1.29 is 14.1 Å². The lowest BCUT2D eigenvalue weighted by Gasteiger charge is -2.39. The monoisotopic (exact) mass is 572 g/mol. The van der Waals surface area contributed by atoms with Crippen molar-refractivity contribution in [3.63, 3.8) is 0 Å². The highest BCUT2D eigenvalue weighted by Crippen LogP contribution is 2.55. The molecule has 4 aromatic rings. The summed E-state index contributed by atoms with van der Waals surface area (Å²) < 4.78 is 13.0. The van der Waals surface area contributed by atoms with Crippen LogP contribution >= 0.6 is 11.3 Å². The van der Waals surface area contributed by atoms with E-state index in [1.165, 1.54) is 23.3 Å². The van der Waals surface area contributed by atoms with Gasteiger partial charge >= 0.3 is 5.97 Å². The zero-order chi connectivity index (χ0) is 28.5. The number of nitrogens with zero attached hydrogens (tertiary/aromatic N) is 7. The topological polar surface area (TPSA) is 149 Å². The van der Waals surface area contributed by atoms with E-state index in [-0.39, 0.29) is 17.8 Å². The number of likely N-dealkylation sites (N-methyl/N-ethyl adjacent to an activating group) is 1. The maximum absolute atomic E-state index is 12.7. The van der Waals surface area contributed by atoms with Gasteiger partial charge in [0.25, 0.3) is 0 Å². The van der Waals surface area contributed by atoms with Gasteiger partial charge in [0.2, 0.25) is 0 Å². The number of aryl methyl sites for hydroxylation is 1. The van der Waals surface area contributed by atoms with E-state index in [4.69, 9.17) is 25.1 Å². The predicted molar refractivity (Wildman–Crippen MR) is 153 cm³/mol. The van der Waals surface area contributed by atoms with Crippen molar-refractivity contribution in [1.29, 1.82) is 5.26 Å². The van der Waals surface area contributed by atoms with E-state index >= 15 is 0 Å². The SMILES string of the molecule is COC(=O)c1nn(C(C)C2CCCN2C)c2nc(-c3noc4c3CCCC43CCCc4sc(N)c(C#N)c43)ncc12. The second kappa shape index (κ2) is 9.63. The van der Waals surface area contributed by atoms with Crippen LogP contribution in [0.25, 0.3) is 22.6 Å². The molecule has 12 heteroatoms. The first kappa shape index (κ1) is 26.1. The van der Waals surface area contributed by atoms with Crippen molar-refractivity contribution in [3.05, 3.63) is 39.2 Å². The Hall–Kier alpha value is -3.82. The summed E-state index contributed by atoms with van der Waals surface area (Å²) in [6.07, 6.45) is 9.20. The molecule has 212 valence electrons. The van der Waals surface area contributed by atoms with Crippen LogP contribution in [0, 0.1) is 11.3 Å². The van der Waals surface area contributed by atoms with Gasteiger partial charge in [-0.3, -0.25) is 0 Å². The molecular weight excluding hydrogens is 540 g/mol. The number of nitrogen functional groups attached to an aromatic ring is 1. The summed E-state index contributed by atoms with van der Waals surface area (Å²) in [5.74, 6) is 0.724. The van der Waals surface area contributed by atoms with Crippen LogP contribution in [0.5, 0.6) is 0 Å². The minimum absolute atomic E-state index is 0.0187. The number of fused-ring (bicyclic) bond motifs is 5. The lowest BCUT2D eigenvalue weighted by atomic mass is 9.63. The van der Waals surface area contributed by atoms with Gasteiger partial charge in [-0.1, -0.05) is 5.16 Å². The lowest BCUT2D eigenvalue weighted by Crippen LogP contribution is -2.35. The number of aromatic nitrogens is 5. The number of carbonyl (C=O) groups excluding carboxylic acids is 1. The summed E-state index contributed by atoms with van der Waals surface area (Å²) in [6.45, 7) is 3.14. The van der Waals surface area contributed by atoms with Crippen LogP contribution < -0.4 is 5.73 Å². The molecule has 0 radical (unpaired) electrons. The van der Waals surface area contributed by atoms with Gasteiger partial charge in [-0.15, -0.1) is 11.3 Å². The summed E-state index contributed by atoms with van der Waals surface area (Å²) in [5, 5.41) is 20.4. The number of nitriles is 1. The number of hydrogen-bond donors (Lipinski definition) is 1. The highest BCUT2D eigenvalue weighted by molar-refractivity contribution is 7.16. The molecule has 1 saturated heterocycles. The highest BCUT2D eigenvalue weighted by atomic mass is 32.1. The van der Waals surface area contributed by atoms with Crippen LogP contribution in [0.1, 0.15) is 89.3 Å². The molecule has 11 nitrogen and oxygen atoms in total. The third-order valence-electron chi connectivity index (χ3n) is 9.42. The Morgan fingerprint density at radius 2 is 2.12 bits per heavy atom. The van der Waals surface area contributed by atoms with Gasteiger partial charge < -0.3 is 19.9 Å². The molecule has 3 aliphatic rings. The zero-order valence-electron chi connectivity index (χ0n) is 23.4. The van der Waals surface area contributed by atoms with Gasteiger partial charge in [0, 0.05) is 22.7 Å². The summed E-state index contributed by atoms with van der Waals surface area (Å²) >= 11 is 1.53. The van der Waals surface area contributed by atoms with E-state index in [2.05, 4.69) is 35.1 Å². The van der Waals surface area contributed by atoms with Crippen LogP contribution in [0.4, 0.5) is 5.00 Å². The average molecular weight is 573 g/mol. The predicted octanol–water partition coefficient (Wildman–Crippen LogP) is 4.40. The van der Waals surface area contributed by atoms with Crippen LogP contribution in [0.2, 0.25) is 0 Å². The first-order valence-electron chi connectivity index (χ1n) is 14.2. The van der Waals surface area contributed by atoms with E-state index in [0.717, 1.165) is 74.8 Å². The van der Waals surface area contributed by atoms with Crippen molar-refractivity contribution in [2.24, 2.45) is 0 Å². The third kappa shape index (κ3) is 3.75. The van der Waals surface area contributed by atoms with Crippen molar-refractivity contribution in [3.8, 4) is 17.6 Å². The van der Waals surface area contributed by atoms with E-state index < -0.39 is 11.4 Å². The van der Waals surface area contributed by atoms with Crippen LogP contribution in [0.3, 0.4) is 0 Å². The van der Waals surface area contributed by atoms with E-state index in [1.54, 1.807) is 6.20 Å². The lowest BCUT2D eigenvalue weighted by molar-refractivity contribution is 0.0594. The molecular formula is C29H32N8O3S. The molecule has 2 aliphatic carbocycles. The number of hydrogen-bond acceptors (Lipinski definition) is 11. The Morgan fingerprint density at radius 3 is 2.85 bits per heavy atom. The quantitative estimate of drug-likeness (QED) is 0.349. The van der Waals surface area contributed by atoms with Gasteiger partial charge in [-0.05, 0) is 77.4 Å². The van der Waals surface area contributed by atoms with Crippen LogP contribution in [-0.4, -0.2) is 62.5 Å². The summed E-state index contributed by atoms with van der Waals surface area (Å²) in [4.78, 5) is 25.8. The van der Waals surface area contributed by atoms with E-state index in [0.29, 0.717) is 33.1 Å². The molecule has 4 aromatic heterocycles. The number of thiophene rings is 1. The second-order valence-electron chi connectivity index (χ2n) is 11.5. The Morgan fingerprint density at radius 1 is 1.32 bits per heavy atom. The largest absolute Gasteiger partial charge is 0.464 e. The Bertz CT molecular complexity index is 1730. The molecule has 7 rings (SSSR count). The molecule has 1 spiro atoms. The van der Waals surface area contributed by atoms with Gasteiger partial charge in [0.1, 0.15) is 11.1 Å². The fourth-order valence-corrected chi connectivity index (χ4v) is 8.66. The summed E-state index contributed by atoms with van der Waals surface area (Å²) in [5.41, 5.74) is 9.86. The Labute approximate surface area is 241 Å². The van der Waals surface area contributed by atoms with Crippen LogP contribution in [0.15, 0.2) is 10.7 Å². The number of likely N-dealkylation sites (tertiary alicyclic amines) is 1. The normalized spacial score (nSPS) is 22.9. The number of anilines is 1. The van der Waals surface area contributed by atoms with Gasteiger partial charge in [0.05, 0.1) is 29.5 Å². The molecule has 0 aromatic carbocycles. The van der Waals surface area contributed by atoms with Gasteiger partial charge in [-0.25, -0.2) is 19.4 Å². The first-order chi connectivity index (χ1) is 19.9. The fraction of sp³-hybridized carbons (Fsp3) is 0.517.